The van der Waals surface area contributed by atoms with Crippen LogP contribution in [0.25, 0.3) is 0 Å². The second-order valence-electron chi connectivity index (χ2n) is 4.77. The summed E-state index contributed by atoms with van der Waals surface area (Å²) in [5.41, 5.74) is 1.01. The van der Waals surface area contributed by atoms with Crippen molar-refractivity contribution in [3.05, 3.63) is 35.9 Å². The topological polar surface area (TPSA) is 46.6 Å². The van der Waals surface area contributed by atoms with Crippen LogP contribution >= 0.6 is 0 Å². The monoisotopic (exact) mass is 277 g/mol. The number of hydrogen-bond donors (Lipinski definition) is 0. The van der Waals surface area contributed by atoms with Crippen LogP contribution in [0.15, 0.2) is 30.3 Å². The molecule has 1 amide bonds. The van der Waals surface area contributed by atoms with Gasteiger partial charge in [-0.1, -0.05) is 44.2 Å². The maximum absolute atomic E-state index is 12.5. The normalized spacial score (nSPS) is 10.4. The van der Waals surface area contributed by atoms with Gasteiger partial charge in [0.05, 0.1) is 7.11 Å². The van der Waals surface area contributed by atoms with E-state index in [4.69, 9.17) is 0 Å². The number of nitrogens with zero attached hydrogens (tertiary/aromatic N) is 1. The Bertz CT molecular complexity index is 427. The summed E-state index contributed by atoms with van der Waals surface area (Å²) in [6, 6.07) is 9.67. The minimum atomic E-state index is -0.389. The Morgan fingerprint density at radius 1 is 1.15 bits per heavy atom. The van der Waals surface area contributed by atoms with Gasteiger partial charge in [0.2, 0.25) is 5.91 Å². The lowest BCUT2D eigenvalue weighted by Crippen LogP contribution is -2.39. The maximum atomic E-state index is 12.5. The van der Waals surface area contributed by atoms with Gasteiger partial charge in [0, 0.05) is 12.5 Å². The second kappa shape index (κ2) is 8.35. The molecule has 1 aromatic rings. The van der Waals surface area contributed by atoms with Crippen molar-refractivity contribution in [2.45, 2.75) is 33.2 Å². The molecule has 1 aromatic carbocycles. The summed E-state index contributed by atoms with van der Waals surface area (Å²) in [5, 5.41) is 0. The molecule has 0 heterocycles. The van der Waals surface area contributed by atoms with Gasteiger partial charge in [-0.2, -0.15) is 0 Å². The number of ether oxygens (including phenoxy) is 1. The molecule has 0 N–H and O–H groups in total. The van der Waals surface area contributed by atoms with Crippen molar-refractivity contribution in [3.63, 3.8) is 0 Å². The molecule has 0 aliphatic carbocycles. The Balaban J connectivity index is 2.84. The summed E-state index contributed by atoms with van der Waals surface area (Å²) in [4.78, 5) is 25.6. The van der Waals surface area contributed by atoms with Gasteiger partial charge in [0.25, 0.3) is 0 Å². The highest BCUT2D eigenvalue weighted by Crippen LogP contribution is 2.14. The van der Waals surface area contributed by atoms with Crippen molar-refractivity contribution in [3.8, 4) is 0 Å². The fourth-order valence-corrected chi connectivity index (χ4v) is 2.13. The van der Waals surface area contributed by atoms with Crippen molar-refractivity contribution < 1.29 is 14.3 Å². The van der Waals surface area contributed by atoms with Gasteiger partial charge in [0.1, 0.15) is 6.54 Å². The third-order valence-electron chi connectivity index (χ3n) is 3.41. The van der Waals surface area contributed by atoms with Crippen LogP contribution in [0.5, 0.6) is 0 Å². The van der Waals surface area contributed by atoms with Crippen LogP contribution in [0, 0.1) is 5.92 Å². The van der Waals surface area contributed by atoms with Crippen LogP contribution in [0.3, 0.4) is 0 Å². The molecule has 0 bridgehead atoms. The molecule has 0 saturated heterocycles. The summed E-state index contributed by atoms with van der Waals surface area (Å²) in [5.74, 6) is -0.409. The molecule has 4 heteroatoms. The molecule has 0 unspecified atom stereocenters. The quantitative estimate of drug-likeness (QED) is 0.720. The van der Waals surface area contributed by atoms with Crippen LogP contribution in [0.2, 0.25) is 0 Å². The number of esters is 1. The molecule has 0 spiro atoms. The Hall–Kier alpha value is -1.84. The van der Waals surface area contributed by atoms with E-state index in [2.05, 4.69) is 4.74 Å². The van der Waals surface area contributed by atoms with Gasteiger partial charge in [-0.15, -0.1) is 0 Å². The van der Waals surface area contributed by atoms with E-state index in [0.29, 0.717) is 6.54 Å². The maximum Gasteiger partial charge on any atom is 0.325 e. The Kier molecular flexibility index (Phi) is 6.77. The van der Waals surface area contributed by atoms with E-state index in [9.17, 15) is 9.59 Å². The van der Waals surface area contributed by atoms with Gasteiger partial charge >= 0.3 is 5.97 Å². The molecule has 0 atom stereocenters. The number of benzene rings is 1. The van der Waals surface area contributed by atoms with E-state index in [-0.39, 0.29) is 24.3 Å². The van der Waals surface area contributed by atoms with Crippen LogP contribution in [-0.4, -0.2) is 30.4 Å². The highest BCUT2D eigenvalue weighted by molar-refractivity contribution is 5.83. The van der Waals surface area contributed by atoms with Gasteiger partial charge in [0.15, 0.2) is 0 Å². The van der Waals surface area contributed by atoms with Crippen molar-refractivity contribution in [2.75, 3.05) is 13.7 Å². The van der Waals surface area contributed by atoms with Crippen LogP contribution in [-0.2, 0) is 20.9 Å². The lowest BCUT2D eigenvalue weighted by molar-refractivity contribution is -0.149. The van der Waals surface area contributed by atoms with Crippen LogP contribution in [0.1, 0.15) is 32.3 Å². The smallest absolute Gasteiger partial charge is 0.325 e. The van der Waals surface area contributed by atoms with Crippen LogP contribution < -0.4 is 0 Å². The first kappa shape index (κ1) is 16.2. The average molecular weight is 277 g/mol. The zero-order valence-corrected chi connectivity index (χ0v) is 12.5. The predicted molar refractivity (Wildman–Crippen MR) is 77.9 cm³/mol. The molecule has 0 aromatic heterocycles. The molecule has 0 saturated carbocycles. The van der Waals surface area contributed by atoms with Crippen LogP contribution in [0.4, 0.5) is 0 Å². The van der Waals surface area contributed by atoms with E-state index in [1.54, 1.807) is 4.90 Å². The minimum absolute atomic E-state index is 0.000722. The van der Waals surface area contributed by atoms with Gasteiger partial charge in [-0.05, 0) is 18.4 Å². The SMILES string of the molecule is CCC(CC)C(=O)N(CC(=O)OC)Cc1ccccc1. The minimum Gasteiger partial charge on any atom is -0.468 e. The third-order valence-corrected chi connectivity index (χ3v) is 3.41. The molecular formula is C16H23NO3. The first-order valence-corrected chi connectivity index (χ1v) is 7.01. The van der Waals surface area contributed by atoms with E-state index in [0.717, 1.165) is 18.4 Å². The first-order valence-electron chi connectivity index (χ1n) is 7.01. The first-order chi connectivity index (χ1) is 9.62. The summed E-state index contributed by atoms with van der Waals surface area (Å²) < 4.78 is 4.68. The Morgan fingerprint density at radius 3 is 2.25 bits per heavy atom. The molecule has 4 nitrogen and oxygen atoms in total. The number of carbonyl (C=O) groups excluding carboxylic acids is 2. The van der Waals surface area contributed by atoms with E-state index in [1.165, 1.54) is 7.11 Å². The summed E-state index contributed by atoms with van der Waals surface area (Å²) in [6.07, 6.45) is 1.56. The second-order valence-corrected chi connectivity index (χ2v) is 4.77. The molecule has 20 heavy (non-hydrogen) atoms. The lowest BCUT2D eigenvalue weighted by atomic mass is 10.0. The molecule has 0 aliphatic heterocycles. The molecule has 110 valence electrons. The van der Waals surface area contributed by atoms with Crippen molar-refractivity contribution in [2.24, 2.45) is 5.92 Å². The number of rotatable bonds is 7. The highest BCUT2D eigenvalue weighted by Gasteiger charge is 2.23. The summed E-state index contributed by atoms with van der Waals surface area (Å²) in [7, 11) is 1.34. The van der Waals surface area contributed by atoms with Gasteiger partial charge in [-0.25, -0.2) is 0 Å². The highest BCUT2D eigenvalue weighted by atomic mass is 16.5. The number of amides is 1. The fourth-order valence-electron chi connectivity index (χ4n) is 2.13. The van der Waals surface area contributed by atoms with E-state index >= 15 is 0 Å². The zero-order chi connectivity index (χ0) is 15.0. The lowest BCUT2D eigenvalue weighted by Gasteiger charge is -2.25. The van der Waals surface area contributed by atoms with Gasteiger partial charge in [-0.3, -0.25) is 9.59 Å². The van der Waals surface area contributed by atoms with Crippen molar-refractivity contribution >= 4 is 11.9 Å². The number of methoxy groups -OCH3 is 1. The number of hydrogen-bond acceptors (Lipinski definition) is 3. The van der Waals surface area contributed by atoms with Gasteiger partial charge < -0.3 is 9.64 Å². The fraction of sp³-hybridized carbons (Fsp3) is 0.500. The third kappa shape index (κ3) is 4.68. The zero-order valence-electron chi connectivity index (χ0n) is 12.5. The molecule has 0 aliphatic rings. The van der Waals surface area contributed by atoms with E-state index < -0.39 is 0 Å². The predicted octanol–water partition coefficient (Wildman–Crippen LogP) is 2.62. The number of carbonyl (C=O) groups is 2. The summed E-state index contributed by atoms with van der Waals surface area (Å²) in [6.45, 7) is 4.42. The standard InChI is InChI=1S/C16H23NO3/c1-4-14(5-2)16(19)17(12-15(18)20-3)11-13-9-7-6-8-10-13/h6-10,14H,4-5,11-12H2,1-3H3. The Labute approximate surface area is 120 Å². The van der Waals surface area contributed by atoms with E-state index in [1.807, 2.05) is 44.2 Å². The van der Waals surface area contributed by atoms with Crippen molar-refractivity contribution in [1.29, 1.82) is 0 Å². The molecule has 1 rings (SSSR count). The largest absolute Gasteiger partial charge is 0.468 e. The van der Waals surface area contributed by atoms with Crippen molar-refractivity contribution in [1.82, 2.24) is 4.90 Å². The molecule has 0 radical (unpaired) electrons. The Morgan fingerprint density at radius 2 is 1.75 bits per heavy atom. The molecular weight excluding hydrogens is 254 g/mol. The molecule has 0 fully saturated rings. The summed E-state index contributed by atoms with van der Waals surface area (Å²) >= 11 is 0. The average Bonchev–Trinajstić information content (AvgIpc) is 2.48.